The van der Waals surface area contributed by atoms with E-state index in [2.05, 4.69) is 229 Å². The van der Waals surface area contributed by atoms with Crippen molar-refractivity contribution in [2.24, 2.45) is 0 Å². The molecule has 2 nitrogen and oxygen atoms in total. The third kappa shape index (κ3) is 6.70. The number of hydrogen-bond donors (Lipinski definition) is 0. The van der Waals surface area contributed by atoms with Crippen LogP contribution in [0.15, 0.2) is 241 Å². The van der Waals surface area contributed by atoms with Crippen molar-refractivity contribution in [3.05, 3.63) is 237 Å². The van der Waals surface area contributed by atoms with Crippen LogP contribution in [0.4, 0.5) is 17.1 Å². The number of rotatable bonds is 8. The van der Waals surface area contributed by atoms with Gasteiger partial charge in [-0.25, -0.2) is 0 Å². The minimum absolute atomic E-state index is 0.906. The highest BCUT2D eigenvalue weighted by molar-refractivity contribution is 6.06. The van der Waals surface area contributed by atoms with Crippen molar-refractivity contribution < 1.29 is 4.42 Å². The molecule has 11 aromatic rings. The SMILES string of the molecule is c1ccc(-c2ccc(N(c3ccc(-c4ccc(-c5cccc(-c6ccc7ccccc7c6)c5)cc4)cc3)c3ccc(-c4ccc5oc6ccccc6c5c4)cc3)cc2)cc1. The first-order chi connectivity index (χ1) is 29.7. The second kappa shape index (κ2) is 15.1. The quantitative estimate of drug-likeness (QED) is 0.153. The standard InChI is InChI=1S/C58H39NO/c1-2-9-40(10-3-1)43-23-30-52(31-24-43)59(54-34-27-46(28-35-54)51-29-36-58-56(39-51)55-15-6-7-16-57(55)60-58)53-32-25-44(26-33-53)42-17-19-45(20-18-42)48-13-8-14-49(37-48)50-22-21-41-11-4-5-12-47(41)38-50/h1-39H. The molecule has 0 aliphatic carbocycles. The van der Waals surface area contributed by atoms with Crippen LogP contribution in [0, 0.1) is 0 Å². The molecule has 282 valence electrons. The highest BCUT2D eigenvalue weighted by Gasteiger charge is 2.15. The van der Waals surface area contributed by atoms with E-state index in [1.165, 1.54) is 55.3 Å². The topological polar surface area (TPSA) is 16.4 Å². The molecule has 0 fully saturated rings. The molecule has 0 saturated heterocycles. The van der Waals surface area contributed by atoms with Gasteiger partial charge in [0.1, 0.15) is 11.2 Å². The minimum atomic E-state index is 0.906. The van der Waals surface area contributed by atoms with Gasteiger partial charge in [0.15, 0.2) is 0 Å². The number of para-hydroxylation sites is 1. The second-order valence-electron chi connectivity index (χ2n) is 15.4. The van der Waals surface area contributed by atoms with Gasteiger partial charge in [-0.3, -0.25) is 0 Å². The Kier molecular flexibility index (Phi) is 8.87. The zero-order valence-electron chi connectivity index (χ0n) is 32.9. The van der Waals surface area contributed by atoms with E-state index in [0.29, 0.717) is 0 Å². The van der Waals surface area contributed by atoms with Crippen LogP contribution in [-0.2, 0) is 0 Å². The third-order valence-electron chi connectivity index (χ3n) is 11.7. The van der Waals surface area contributed by atoms with Crippen LogP contribution < -0.4 is 4.90 Å². The fraction of sp³-hybridized carbons (Fsp3) is 0. The van der Waals surface area contributed by atoms with Crippen LogP contribution in [0.5, 0.6) is 0 Å². The Morgan fingerprint density at radius 2 is 0.633 bits per heavy atom. The lowest BCUT2D eigenvalue weighted by atomic mass is 9.96. The van der Waals surface area contributed by atoms with Crippen LogP contribution in [0.25, 0.3) is 88.3 Å². The first-order valence-electron chi connectivity index (χ1n) is 20.5. The summed E-state index contributed by atoms with van der Waals surface area (Å²) in [7, 11) is 0. The zero-order chi connectivity index (χ0) is 39.8. The van der Waals surface area contributed by atoms with Crippen LogP contribution >= 0.6 is 0 Å². The van der Waals surface area contributed by atoms with Crippen molar-refractivity contribution in [1.29, 1.82) is 0 Å². The highest BCUT2D eigenvalue weighted by atomic mass is 16.3. The summed E-state index contributed by atoms with van der Waals surface area (Å²) in [5.41, 5.74) is 17.0. The molecule has 0 unspecified atom stereocenters. The first kappa shape index (κ1) is 35.2. The first-order valence-corrected chi connectivity index (χ1v) is 20.5. The summed E-state index contributed by atoms with van der Waals surface area (Å²) in [4.78, 5) is 2.33. The highest BCUT2D eigenvalue weighted by Crippen LogP contribution is 2.39. The average Bonchev–Trinajstić information content (AvgIpc) is 3.71. The maximum atomic E-state index is 6.11. The molecule has 60 heavy (non-hydrogen) atoms. The van der Waals surface area contributed by atoms with Gasteiger partial charge < -0.3 is 9.32 Å². The summed E-state index contributed by atoms with van der Waals surface area (Å²) in [5.74, 6) is 0. The number of fused-ring (bicyclic) bond motifs is 4. The Balaban J connectivity index is 0.891. The normalized spacial score (nSPS) is 11.3. The van der Waals surface area contributed by atoms with E-state index in [0.717, 1.165) is 50.1 Å². The van der Waals surface area contributed by atoms with E-state index >= 15 is 0 Å². The maximum Gasteiger partial charge on any atom is 0.135 e. The van der Waals surface area contributed by atoms with Crippen molar-refractivity contribution in [3.63, 3.8) is 0 Å². The molecule has 1 heterocycles. The Bertz CT molecular complexity index is 3270. The third-order valence-corrected chi connectivity index (χ3v) is 11.7. The fourth-order valence-corrected chi connectivity index (χ4v) is 8.49. The zero-order valence-corrected chi connectivity index (χ0v) is 32.9. The minimum Gasteiger partial charge on any atom is -0.456 e. The molecule has 0 spiro atoms. The van der Waals surface area contributed by atoms with Gasteiger partial charge in [-0.05, 0) is 133 Å². The van der Waals surface area contributed by atoms with Crippen LogP contribution in [0.1, 0.15) is 0 Å². The van der Waals surface area contributed by atoms with Gasteiger partial charge in [-0.1, -0.05) is 170 Å². The summed E-state index contributed by atoms with van der Waals surface area (Å²) in [6.45, 7) is 0. The molecular formula is C58H39NO. The van der Waals surface area contributed by atoms with Crippen LogP contribution in [0.2, 0.25) is 0 Å². The number of nitrogens with zero attached hydrogens (tertiary/aromatic N) is 1. The summed E-state index contributed by atoms with van der Waals surface area (Å²) in [5, 5.41) is 4.78. The van der Waals surface area contributed by atoms with Gasteiger partial charge in [0.2, 0.25) is 0 Å². The molecular weight excluding hydrogens is 727 g/mol. The summed E-state index contributed by atoms with van der Waals surface area (Å²) < 4.78 is 6.11. The Morgan fingerprint density at radius 3 is 1.27 bits per heavy atom. The summed E-state index contributed by atoms with van der Waals surface area (Å²) in [6, 6.07) is 84.9. The van der Waals surface area contributed by atoms with E-state index in [4.69, 9.17) is 4.42 Å². The van der Waals surface area contributed by atoms with Gasteiger partial charge in [0.25, 0.3) is 0 Å². The number of hydrogen-bond acceptors (Lipinski definition) is 2. The molecule has 0 aliphatic rings. The lowest BCUT2D eigenvalue weighted by Gasteiger charge is -2.26. The van der Waals surface area contributed by atoms with Crippen molar-refractivity contribution >= 4 is 49.8 Å². The molecule has 0 radical (unpaired) electrons. The molecule has 0 aliphatic heterocycles. The maximum absolute atomic E-state index is 6.11. The predicted molar refractivity (Wildman–Crippen MR) is 253 cm³/mol. The number of anilines is 3. The van der Waals surface area contributed by atoms with Crippen molar-refractivity contribution in [2.45, 2.75) is 0 Å². The molecule has 10 aromatic carbocycles. The molecule has 0 N–H and O–H groups in total. The van der Waals surface area contributed by atoms with Crippen molar-refractivity contribution in [1.82, 2.24) is 0 Å². The molecule has 2 heteroatoms. The Morgan fingerprint density at radius 1 is 0.233 bits per heavy atom. The largest absolute Gasteiger partial charge is 0.456 e. The van der Waals surface area contributed by atoms with Gasteiger partial charge in [-0.15, -0.1) is 0 Å². The Labute approximate surface area is 349 Å². The van der Waals surface area contributed by atoms with E-state index in [-0.39, 0.29) is 0 Å². The number of furan rings is 1. The summed E-state index contributed by atoms with van der Waals surface area (Å²) >= 11 is 0. The number of benzene rings is 10. The second-order valence-corrected chi connectivity index (χ2v) is 15.4. The van der Waals surface area contributed by atoms with E-state index in [1.54, 1.807) is 0 Å². The van der Waals surface area contributed by atoms with Crippen LogP contribution in [-0.4, -0.2) is 0 Å². The van der Waals surface area contributed by atoms with Gasteiger partial charge >= 0.3 is 0 Å². The molecule has 11 rings (SSSR count). The van der Waals surface area contributed by atoms with E-state index in [1.807, 2.05) is 12.1 Å². The van der Waals surface area contributed by atoms with E-state index < -0.39 is 0 Å². The average molecular weight is 766 g/mol. The monoisotopic (exact) mass is 765 g/mol. The Hall–Kier alpha value is -7.94. The van der Waals surface area contributed by atoms with E-state index in [9.17, 15) is 0 Å². The summed E-state index contributed by atoms with van der Waals surface area (Å²) in [6.07, 6.45) is 0. The van der Waals surface area contributed by atoms with Crippen molar-refractivity contribution in [3.8, 4) is 55.6 Å². The fourth-order valence-electron chi connectivity index (χ4n) is 8.49. The predicted octanol–water partition coefficient (Wildman–Crippen LogP) is 16.5. The molecule has 0 bridgehead atoms. The smallest absolute Gasteiger partial charge is 0.135 e. The van der Waals surface area contributed by atoms with Gasteiger partial charge in [0.05, 0.1) is 0 Å². The van der Waals surface area contributed by atoms with Gasteiger partial charge in [0, 0.05) is 27.8 Å². The lowest BCUT2D eigenvalue weighted by Crippen LogP contribution is -2.09. The van der Waals surface area contributed by atoms with Gasteiger partial charge in [-0.2, -0.15) is 0 Å². The lowest BCUT2D eigenvalue weighted by molar-refractivity contribution is 0.669. The van der Waals surface area contributed by atoms with Crippen molar-refractivity contribution in [2.75, 3.05) is 4.90 Å². The molecule has 0 atom stereocenters. The van der Waals surface area contributed by atoms with Crippen LogP contribution in [0.3, 0.4) is 0 Å². The molecule has 0 saturated carbocycles. The molecule has 0 amide bonds. The molecule has 1 aromatic heterocycles.